The highest BCUT2D eigenvalue weighted by Crippen LogP contribution is 2.51. The summed E-state index contributed by atoms with van der Waals surface area (Å²) in [6.07, 6.45) is 0. The third-order valence-electron chi connectivity index (χ3n) is 6.79. The molecule has 3 heterocycles. The number of carbonyl (C=O) groups excluding carboxylic acids is 3. The van der Waals surface area contributed by atoms with Gasteiger partial charge in [-0.2, -0.15) is 0 Å². The molecule has 200 valence electrons. The minimum absolute atomic E-state index is 0.149. The number of aromatic nitrogens is 1. The highest BCUT2D eigenvalue weighted by molar-refractivity contribution is 8.01. The topological polar surface area (TPSA) is 105 Å². The van der Waals surface area contributed by atoms with Gasteiger partial charge in [-0.25, -0.2) is 4.79 Å². The van der Waals surface area contributed by atoms with Crippen LogP contribution in [-0.2, 0) is 14.3 Å². The maximum atomic E-state index is 13.3. The molecule has 2 fully saturated rings. The van der Waals surface area contributed by atoms with Crippen LogP contribution in [0.5, 0.6) is 0 Å². The molecule has 0 spiro atoms. The summed E-state index contributed by atoms with van der Waals surface area (Å²) in [7, 11) is 0. The molecule has 0 aliphatic carbocycles. The zero-order valence-electron chi connectivity index (χ0n) is 21.3. The van der Waals surface area contributed by atoms with E-state index in [1.807, 2.05) is 27.7 Å². The number of hydrogen-bond acceptors (Lipinski definition) is 8. The van der Waals surface area contributed by atoms with Crippen molar-refractivity contribution < 1.29 is 23.6 Å². The second kappa shape index (κ2) is 10.8. The first-order valence-corrected chi connectivity index (χ1v) is 13.8. The molecule has 1 aromatic carbocycles. The van der Waals surface area contributed by atoms with Crippen LogP contribution in [0.15, 0.2) is 22.7 Å². The van der Waals surface area contributed by atoms with Gasteiger partial charge in [-0.15, -0.1) is 11.8 Å². The number of likely N-dealkylation sites (N-methyl/N-ethyl adjacent to an activating group) is 1. The largest absolute Gasteiger partial charge is 0.463 e. The summed E-state index contributed by atoms with van der Waals surface area (Å²) in [5.74, 6) is -1.04. The van der Waals surface area contributed by atoms with Crippen LogP contribution < -0.4 is 5.32 Å². The molecule has 1 aromatic heterocycles. The van der Waals surface area contributed by atoms with Gasteiger partial charge in [0, 0.05) is 16.9 Å². The van der Waals surface area contributed by atoms with Gasteiger partial charge in [0.15, 0.2) is 0 Å². The van der Waals surface area contributed by atoms with E-state index in [0.717, 1.165) is 13.1 Å². The Labute approximate surface area is 230 Å². The predicted molar refractivity (Wildman–Crippen MR) is 143 cm³/mol. The molecule has 2 saturated heterocycles. The van der Waals surface area contributed by atoms with Gasteiger partial charge in [0.25, 0.3) is 5.91 Å². The van der Waals surface area contributed by atoms with Crippen LogP contribution in [0, 0.1) is 6.92 Å². The first-order valence-electron chi connectivity index (χ1n) is 12.1. The van der Waals surface area contributed by atoms with Gasteiger partial charge in [-0.3, -0.25) is 9.59 Å². The van der Waals surface area contributed by atoms with Gasteiger partial charge in [0.2, 0.25) is 5.91 Å². The number of hydrogen-bond donors (Lipinski definition) is 1. The number of β-lactam (4-membered cyclic amide) rings is 1. The summed E-state index contributed by atoms with van der Waals surface area (Å²) < 4.78 is 10.3. The number of ether oxygens (including phenoxy) is 1. The Balaban J connectivity index is 1.48. The average molecular weight is 570 g/mol. The number of esters is 1. The number of amides is 2. The zero-order chi connectivity index (χ0) is 27.1. The normalized spacial score (nSPS) is 22.1. The number of rotatable bonds is 9. The molecule has 3 atom stereocenters. The summed E-state index contributed by atoms with van der Waals surface area (Å²) in [6.45, 7) is 12.1. The first-order chi connectivity index (χ1) is 17.5. The summed E-state index contributed by atoms with van der Waals surface area (Å²) in [4.78, 5) is 43.2. The maximum absolute atomic E-state index is 13.3. The molecule has 1 N–H and O–H groups in total. The van der Waals surface area contributed by atoms with E-state index < -0.39 is 34.1 Å². The molecule has 0 saturated carbocycles. The Morgan fingerprint density at radius 3 is 2.51 bits per heavy atom. The molecule has 37 heavy (non-hydrogen) atoms. The molecule has 4 rings (SSSR count). The molecule has 0 radical (unpaired) electrons. The zero-order valence-corrected chi connectivity index (χ0v) is 23.7. The third kappa shape index (κ3) is 5.08. The minimum atomic E-state index is -0.811. The van der Waals surface area contributed by atoms with Gasteiger partial charge in [0.05, 0.1) is 10.0 Å². The lowest BCUT2D eigenvalue weighted by Crippen LogP contribution is -2.70. The molecule has 2 aliphatic heterocycles. The molecule has 12 heteroatoms. The molecule has 2 aromatic rings. The van der Waals surface area contributed by atoms with E-state index in [2.05, 4.69) is 15.4 Å². The average Bonchev–Trinajstić information content (AvgIpc) is 3.34. The number of fused-ring (bicyclic) bond motifs is 1. The standard InChI is InChI=1S/C25H30Cl2N4O5S/c1-6-30(7-2)11-12-35-24(34)20-25(4,5)37-23-19(22(33)31(20)23)28-21(32)16-13(3)36-29-18(16)17-14(26)9-8-10-15(17)27/h8-10,19-20,23H,6-7,11-12H2,1-5H3,(H,28,32)/t19-,20?,23-/m1/s1. The van der Waals surface area contributed by atoms with Crippen LogP contribution in [0.3, 0.4) is 0 Å². The van der Waals surface area contributed by atoms with Crippen molar-refractivity contribution in [2.45, 2.75) is 56.8 Å². The van der Waals surface area contributed by atoms with E-state index in [0.29, 0.717) is 22.2 Å². The monoisotopic (exact) mass is 568 g/mol. The summed E-state index contributed by atoms with van der Waals surface area (Å²) >= 11 is 14.1. The third-order valence-corrected chi connectivity index (χ3v) is 8.99. The van der Waals surface area contributed by atoms with Crippen LogP contribution in [0.1, 0.15) is 43.8 Å². The van der Waals surface area contributed by atoms with Crippen LogP contribution >= 0.6 is 35.0 Å². The van der Waals surface area contributed by atoms with Gasteiger partial charge >= 0.3 is 5.97 Å². The van der Waals surface area contributed by atoms with Crippen molar-refractivity contribution in [3.05, 3.63) is 39.6 Å². The van der Waals surface area contributed by atoms with E-state index in [-0.39, 0.29) is 29.5 Å². The van der Waals surface area contributed by atoms with Crippen LogP contribution in [0.25, 0.3) is 11.3 Å². The van der Waals surface area contributed by atoms with Crippen LogP contribution in [-0.4, -0.2) is 81.2 Å². The van der Waals surface area contributed by atoms with Crippen molar-refractivity contribution in [1.82, 2.24) is 20.3 Å². The number of aryl methyl sites for hydroxylation is 1. The molecular weight excluding hydrogens is 539 g/mol. The van der Waals surface area contributed by atoms with E-state index in [1.165, 1.54) is 16.7 Å². The lowest BCUT2D eigenvalue weighted by atomic mass is 9.95. The number of carbonyl (C=O) groups is 3. The Bertz CT molecular complexity index is 1200. The Kier molecular flexibility index (Phi) is 8.13. The predicted octanol–water partition coefficient (Wildman–Crippen LogP) is 4.00. The molecule has 2 aliphatic rings. The van der Waals surface area contributed by atoms with Crippen molar-refractivity contribution in [2.75, 3.05) is 26.2 Å². The minimum Gasteiger partial charge on any atom is -0.463 e. The lowest BCUT2D eigenvalue weighted by Gasteiger charge is -2.43. The van der Waals surface area contributed by atoms with Crippen molar-refractivity contribution in [2.24, 2.45) is 0 Å². The Morgan fingerprint density at radius 1 is 1.24 bits per heavy atom. The number of halogens is 2. The maximum Gasteiger partial charge on any atom is 0.330 e. The van der Waals surface area contributed by atoms with Crippen molar-refractivity contribution >= 4 is 52.7 Å². The highest BCUT2D eigenvalue weighted by Gasteiger charge is 2.64. The summed E-state index contributed by atoms with van der Waals surface area (Å²) in [5, 5.41) is 7.04. The van der Waals surface area contributed by atoms with E-state index in [9.17, 15) is 14.4 Å². The summed E-state index contributed by atoms with van der Waals surface area (Å²) in [5.41, 5.74) is 0.720. The van der Waals surface area contributed by atoms with Gasteiger partial charge in [0.1, 0.15) is 41.1 Å². The fourth-order valence-corrected chi connectivity index (χ4v) is 6.97. The molecular formula is C25H30Cl2N4O5S. The second-order valence-electron chi connectivity index (χ2n) is 9.46. The fraction of sp³-hybridized carbons (Fsp3) is 0.520. The van der Waals surface area contributed by atoms with Gasteiger partial charge in [-0.1, -0.05) is 48.3 Å². The SMILES string of the molecule is CCN(CC)CCOC(=O)C1N2C(=O)[C@@H](NC(=O)c3c(-c4c(Cl)cccc4Cl)noc3C)[C@H]2SC1(C)C. The Hall–Kier alpha value is -2.27. The van der Waals surface area contributed by atoms with E-state index >= 15 is 0 Å². The van der Waals surface area contributed by atoms with Crippen molar-refractivity contribution in [1.29, 1.82) is 0 Å². The Morgan fingerprint density at radius 2 is 1.89 bits per heavy atom. The smallest absolute Gasteiger partial charge is 0.330 e. The van der Waals surface area contributed by atoms with Crippen molar-refractivity contribution in [3.63, 3.8) is 0 Å². The molecule has 0 bridgehead atoms. The van der Waals surface area contributed by atoms with E-state index in [1.54, 1.807) is 25.1 Å². The fourth-order valence-electron chi connectivity index (χ4n) is 4.77. The van der Waals surface area contributed by atoms with Crippen molar-refractivity contribution in [3.8, 4) is 11.3 Å². The summed E-state index contributed by atoms with van der Waals surface area (Å²) in [6, 6.07) is 3.41. The number of benzene rings is 1. The van der Waals surface area contributed by atoms with Gasteiger partial charge in [-0.05, 0) is 46.0 Å². The number of nitrogens with zero attached hydrogens (tertiary/aromatic N) is 3. The quantitative estimate of drug-likeness (QED) is 0.357. The first kappa shape index (κ1) is 27.8. The number of thioether (sulfide) groups is 1. The molecule has 9 nitrogen and oxygen atoms in total. The van der Waals surface area contributed by atoms with Crippen LogP contribution in [0.4, 0.5) is 0 Å². The molecule has 1 unspecified atom stereocenters. The van der Waals surface area contributed by atoms with Gasteiger partial charge < -0.3 is 24.4 Å². The second-order valence-corrected chi connectivity index (χ2v) is 12.0. The lowest BCUT2D eigenvalue weighted by molar-refractivity contribution is -0.163. The highest BCUT2D eigenvalue weighted by atomic mass is 35.5. The van der Waals surface area contributed by atoms with E-state index in [4.69, 9.17) is 32.5 Å². The molecule has 2 amide bonds. The van der Waals surface area contributed by atoms with Crippen LogP contribution in [0.2, 0.25) is 10.0 Å². The number of nitrogens with one attached hydrogen (secondary N) is 1.